The summed E-state index contributed by atoms with van der Waals surface area (Å²) in [5.74, 6) is -0.145. The van der Waals surface area contributed by atoms with E-state index in [1.54, 1.807) is 48.7 Å². The summed E-state index contributed by atoms with van der Waals surface area (Å²) in [5.41, 5.74) is 2.23. The van der Waals surface area contributed by atoms with E-state index >= 15 is 0 Å². The predicted molar refractivity (Wildman–Crippen MR) is 160 cm³/mol. The van der Waals surface area contributed by atoms with Gasteiger partial charge in [0, 0.05) is 30.4 Å². The number of carbonyl (C=O) groups excluding carboxylic acids is 3. The number of likely N-dealkylation sites (N-methyl/N-ethyl adjacent to an activating group) is 1. The minimum Gasteiger partial charge on any atom is -0.492 e. The standard InChI is InChI=1S/C32H41N5O4/c1-32(2,3)20-28(31(40)35-22-26-11-6-7-16-33-26)36-30(39)25-10-8-9-23(19-25)21-34-29(38)24-12-14-27(15-13-24)41-18-17-37(4)5/h6-16,19,28H,17-18,20-22H2,1-5H3,(H,34,38)(H,35,40)(H,36,39)/t28-/m0/s1. The number of rotatable bonds is 13. The molecular formula is C32H41N5O4. The summed E-state index contributed by atoms with van der Waals surface area (Å²) in [5, 5.41) is 8.67. The second-order valence-corrected chi connectivity index (χ2v) is 11.4. The fourth-order valence-electron chi connectivity index (χ4n) is 4.02. The smallest absolute Gasteiger partial charge is 0.251 e. The molecule has 3 aromatic rings. The maximum Gasteiger partial charge on any atom is 0.251 e. The molecule has 0 bridgehead atoms. The molecular weight excluding hydrogens is 518 g/mol. The van der Waals surface area contributed by atoms with Crippen molar-refractivity contribution in [1.82, 2.24) is 25.8 Å². The van der Waals surface area contributed by atoms with Crippen molar-refractivity contribution in [3.63, 3.8) is 0 Å². The van der Waals surface area contributed by atoms with Crippen molar-refractivity contribution in [2.45, 2.75) is 46.3 Å². The molecule has 0 aliphatic carbocycles. The Morgan fingerprint density at radius 1 is 0.878 bits per heavy atom. The summed E-state index contributed by atoms with van der Waals surface area (Å²) >= 11 is 0. The quantitative estimate of drug-likeness (QED) is 0.294. The van der Waals surface area contributed by atoms with Crippen LogP contribution in [0.3, 0.4) is 0 Å². The number of ether oxygens (including phenoxy) is 1. The molecule has 1 heterocycles. The lowest BCUT2D eigenvalue weighted by Crippen LogP contribution is -2.48. The molecule has 0 radical (unpaired) electrons. The molecule has 0 saturated carbocycles. The van der Waals surface area contributed by atoms with Crippen molar-refractivity contribution >= 4 is 17.7 Å². The maximum absolute atomic E-state index is 13.2. The summed E-state index contributed by atoms with van der Waals surface area (Å²) in [7, 11) is 3.96. The minimum atomic E-state index is -0.718. The maximum atomic E-state index is 13.2. The van der Waals surface area contributed by atoms with Gasteiger partial charge in [-0.2, -0.15) is 0 Å². The first-order chi connectivity index (χ1) is 19.5. The Bertz CT molecular complexity index is 1290. The summed E-state index contributed by atoms with van der Waals surface area (Å²) in [6.45, 7) is 7.95. The van der Waals surface area contributed by atoms with Crippen LogP contribution in [0.25, 0.3) is 0 Å². The van der Waals surface area contributed by atoms with Crippen LogP contribution in [-0.4, -0.2) is 60.9 Å². The highest BCUT2D eigenvalue weighted by Crippen LogP contribution is 2.21. The van der Waals surface area contributed by atoms with Gasteiger partial charge in [0.15, 0.2) is 0 Å². The van der Waals surface area contributed by atoms with Gasteiger partial charge in [0.05, 0.1) is 12.2 Å². The van der Waals surface area contributed by atoms with E-state index in [4.69, 9.17) is 4.74 Å². The van der Waals surface area contributed by atoms with Crippen LogP contribution in [0.2, 0.25) is 0 Å². The highest BCUT2D eigenvalue weighted by molar-refractivity contribution is 5.98. The molecule has 41 heavy (non-hydrogen) atoms. The van der Waals surface area contributed by atoms with Crippen LogP contribution < -0.4 is 20.7 Å². The number of nitrogens with one attached hydrogen (secondary N) is 3. The van der Waals surface area contributed by atoms with Gasteiger partial charge < -0.3 is 25.6 Å². The van der Waals surface area contributed by atoms with Crippen LogP contribution in [0.5, 0.6) is 5.75 Å². The zero-order valence-corrected chi connectivity index (χ0v) is 24.6. The third kappa shape index (κ3) is 11.0. The molecule has 0 aliphatic heterocycles. The number of pyridine rings is 1. The Kier molecular flexibility index (Phi) is 11.4. The van der Waals surface area contributed by atoms with Crippen LogP contribution in [0.15, 0.2) is 72.9 Å². The van der Waals surface area contributed by atoms with Crippen molar-refractivity contribution < 1.29 is 19.1 Å². The summed E-state index contributed by atoms with van der Waals surface area (Å²) in [6, 6.07) is 18.8. The first-order valence-corrected chi connectivity index (χ1v) is 13.7. The SMILES string of the molecule is CN(C)CCOc1ccc(C(=O)NCc2cccc(C(=O)N[C@@H](CC(C)(C)C)C(=O)NCc3ccccn3)c2)cc1. The van der Waals surface area contributed by atoms with E-state index < -0.39 is 6.04 Å². The predicted octanol–water partition coefficient (Wildman–Crippen LogP) is 3.80. The average molecular weight is 560 g/mol. The van der Waals surface area contributed by atoms with Crippen molar-refractivity contribution in [3.05, 3.63) is 95.3 Å². The van der Waals surface area contributed by atoms with E-state index in [0.29, 0.717) is 29.9 Å². The summed E-state index contributed by atoms with van der Waals surface area (Å²) < 4.78 is 5.68. The molecule has 3 rings (SSSR count). The number of amides is 3. The molecule has 9 heteroatoms. The Morgan fingerprint density at radius 3 is 2.29 bits per heavy atom. The van der Waals surface area contributed by atoms with Gasteiger partial charge in [-0.25, -0.2) is 0 Å². The van der Waals surface area contributed by atoms with Gasteiger partial charge >= 0.3 is 0 Å². The first-order valence-electron chi connectivity index (χ1n) is 13.7. The van der Waals surface area contributed by atoms with E-state index in [2.05, 4.69) is 20.9 Å². The second kappa shape index (κ2) is 14.9. The van der Waals surface area contributed by atoms with Gasteiger partial charge in [-0.3, -0.25) is 19.4 Å². The van der Waals surface area contributed by atoms with Gasteiger partial charge in [0.1, 0.15) is 18.4 Å². The molecule has 2 aromatic carbocycles. The highest BCUT2D eigenvalue weighted by atomic mass is 16.5. The monoisotopic (exact) mass is 559 g/mol. The lowest BCUT2D eigenvalue weighted by molar-refractivity contribution is -0.123. The largest absolute Gasteiger partial charge is 0.492 e. The van der Waals surface area contributed by atoms with Crippen molar-refractivity contribution in [2.75, 3.05) is 27.2 Å². The second-order valence-electron chi connectivity index (χ2n) is 11.4. The van der Waals surface area contributed by atoms with E-state index in [9.17, 15) is 14.4 Å². The van der Waals surface area contributed by atoms with Crippen LogP contribution >= 0.6 is 0 Å². The molecule has 3 amide bonds. The van der Waals surface area contributed by atoms with Gasteiger partial charge in [-0.1, -0.05) is 39.0 Å². The first kappa shape index (κ1) is 31.3. The summed E-state index contributed by atoms with van der Waals surface area (Å²) in [4.78, 5) is 45.1. The fraction of sp³-hybridized carbons (Fsp3) is 0.375. The lowest BCUT2D eigenvalue weighted by atomic mass is 9.87. The average Bonchev–Trinajstić information content (AvgIpc) is 2.94. The van der Waals surface area contributed by atoms with E-state index in [0.717, 1.165) is 17.8 Å². The number of hydrogen-bond acceptors (Lipinski definition) is 6. The highest BCUT2D eigenvalue weighted by Gasteiger charge is 2.27. The Morgan fingerprint density at radius 2 is 1.63 bits per heavy atom. The van der Waals surface area contributed by atoms with Gasteiger partial charge in [0.25, 0.3) is 11.8 Å². The van der Waals surface area contributed by atoms with E-state index in [1.807, 2.05) is 64.0 Å². The molecule has 0 aliphatic rings. The number of nitrogens with zero attached hydrogens (tertiary/aromatic N) is 2. The number of benzene rings is 2. The van der Waals surface area contributed by atoms with Crippen LogP contribution in [0, 0.1) is 5.41 Å². The van der Waals surface area contributed by atoms with E-state index in [1.165, 1.54) is 0 Å². The topological polar surface area (TPSA) is 113 Å². The van der Waals surface area contributed by atoms with Crippen LogP contribution in [-0.2, 0) is 17.9 Å². The normalized spacial score (nSPS) is 12.0. The third-order valence-electron chi connectivity index (χ3n) is 6.17. The van der Waals surface area contributed by atoms with Crippen molar-refractivity contribution in [3.8, 4) is 5.75 Å². The Balaban J connectivity index is 1.57. The minimum absolute atomic E-state index is 0.192. The Labute approximate surface area is 242 Å². The molecule has 9 nitrogen and oxygen atoms in total. The molecule has 0 unspecified atom stereocenters. The molecule has 0 fully saturated rings. The zero-order valence-electron chi connectivity index (χ0n) is 24.6. The van der Waals surface area contributed by atoms with E-state index in [-0.39, 0.29) is 36.2 Å². The summed E-state index contributed by atoms with van der Waals surface area (Å²) in [6.07, 6.45) is 2.13. The van der Waals surface area contributed by atoms with Gasteiger partial charge in [-0.15, -0.1) is 0 Å². The Hall–Kier alpha value is -4.24. The molecule has 0 spiro atoms. The lowest BCUT2D eigenvalue weighted by Gasteiger charge is -2.26. The third-order valence-corrected chi connectivity index (χ3v) is 6.17. The molecule has 3 N–H and O–H groups in total. The fourth-order valence-corrected chi connectivity index (χ4v) is 4.02. The molecule has 218 valence electrons. The molecule has 0 saturated heterocycles. The molecule has 1 atom stereocenters. The van der Waals surface area contributed by atoms with Gasteiger partial charge in [0.2, 0.25) is 5.91 Å². The number of carbonyl (C=O) groups is 3. The molecule has 1 aromatic heterocycles. The number of hydrogen-bond donors (Lipinski definition) is 3. The van der Waals surface area contributed by atoms with Crippen LogP contribution in [0.1, 0.15) is 59.2 Å². The van der Waals surface area contributed by atoms with Crippen molar-refractivity contribution in [2.24, 2.45) is 5.41 Å². The van der Waals surface area contributed by atoms with Crippen molar-refractivity contribution in [1.29, 1.82) is 0 Å². The van der Waals surface area contributed by atoms with Crippen LogP contribution in [0.4, 0.5) is 0 Å². The number of aromatic nitrogens is 1. The zero-order chi connectivity index (χ0) is 29.8. The van der Waals surface area contributed by atoms with Gasteiger partial charge in [-0.05, 0) is 80.0 Å².